The van der Waals surface area contributed by atoms with Gasteiger partial charge >= 0.3 is 0 Å². The standard InChI is InChI=1S/C13H23N3/c1-4-8-16-9-7-15-12(16)13(2)6-5-11(10-13)14-3/h7,9,11,14H,4-6,8,10H2,1-3H3. The highest BCUT2D eigenvalue weighted by atomic mass is 15.1. The van der Waals surface area contributed by atoms with Crippen LogP contribution in [0.15, 0.2) is 12.4 Å². The molecule has 0 saturated heterocycles. The van der Waals surface area contributed by atoms with E-state index in [0.29, 0.717) is 6.04 Å². The highest BCUT2D eigenvalue weighted by Gasteiger charge is 2.38. The summed E-state index contributed by atoms with van der Waals surface area (Å²) in [5.41, 5.74) is 0.270. The van der Waals surface area contributed by atoms with Crippen molar-refractivity contribution in [2.75, 3.05) is 7.05 Å². The summed E-state index contributed by atoms with van der Waals surface area (Å²) in [6, 6.07) is 0.664. The maximum atomic E-state index is 4.59. The zero-order valence-corrected chi connectivity index (χ0v) is 10.7. The number of hydrogen-bond acceptors (Lipinski definition) is 2. The Labute approximate surface area is 98.3 Å². The van der Waals surface area contributed by atoms with Gasteiger partial charge in [-0.2, -0.15) is 0 Å². The topological polar surface area (TPSA) is 29.9 Å². The molecule has 1 aliphatic rings. The van der Waals surface area contributed by atoms with Crippen molar-refractivity contribution in [3.05, 3.63) is 18.2 Å². The molecule has 1 aliphatic carbocycles. The van der Waals surface area contributed by atoms with Crippen LogP contribution >= 0.6 is 0 Å². The van der Waals surface area contributed by atoms with Gasteiger partial charge in [0.25, 0.3) is 0 Å². The summed E-state index contributed by atoms with van der Waals surface area (Å²) in [6.45, 7) is 5.67. The highest BCUT2D eigenvalue weighted by molar-refractivity contribution is 5.13. The van der Waals surface area contributed by atoms with E-state index >= 15 is 0 Å². The molecule has 2 rings (SSSR count). The van der Waals surface area contributed by atoms with Gasteiger partial charge in [-0.1, -0.05) is 13.8 Å². The maximum absolute atomic E-state index is 4.59. The predicted molar refractivity (Wildman–Crippen MR) is 66.6 cm³/mol. The van der Waals surface area contributed by atoms with E-state index in [2.05, 4.69) is 42.0 Å². The molecule has 3 nitrogen and oxygen atoms in total. The van der Waals surface area contributed by atoms with Gasteiger partial charge in [-0.3, -0.25) is 0 Å². The lowest BCUT2D eigenvalue weighted by Gasteiger charge is -2.24. The normalized spacial score (nSPS) is 29.8. The Kier molecular flexibility index (Phi) is 3.33. The molecule has 3 heteroatoms. The quantitative estimate of drug-likeness (QED) is 0.845. The third kappa shape index (κ3) is 2.01. The third-order valence-electron chi connectivity index (χ3n) is 3.87. The number of aromatic nitrogens is 2. The molecule has 0 aliphatic heterocycles. The zero-order chi connectivity index (χ0) is 11.6. The van der Waals surface area contributed by atoms with Gasteiger partial charge in [0, 0.05) is 30.4 Å². The van der Waals surface area contributed by atoms with Crippen LogP contribution in [0, 0.1) is 0 Å². The number of nitrogens with one attached hydrogen (secondary N) is 1. The Bertz CT molecular complexity index is 345. The van der Waals surface area contributed by atoms with E-state index in [1.807, 2.05) is 6.20 Å². The smallest absolute Gasteiger partial charge is 0.114 e. The van der Waals surface area contributed by atoms with Crippen LogP contribution in [0.4, 0.5) is 0 Å². The Morgan fingerprint density at radius 3 is 3.06 bits per heavy atom. The van der Waals surface area contributed by atoms with E-state index in [0.717, 1.165) is 6.54 Å². The lowest BCUT2D eigenvalue weighted by molar-refractivity contribution is 0.415. The van der Waals surface area contributed by atoms with Gasteiger partial charge in [0.05, 0.1) is 0 Å². The second-order valence-corrected chi connectivity index (χ2v) is 5.23. The minimum Gasteiger partial charge on any atom is -0.334 e. The highest BCUT2D eigenvalue weighted by Crippen LogP contribution is 2.39. The van der Waals surface area contributed by atoms with Gasteiger partial charge in [-0.15, -0.1) is 0 Å². The van der Waals surface area contributed by atoms with Crippen molar-refractivity contribution in [1.82, 2.24) is 14.9 Å². The number of rotatable bonds is 4. The van der Waals surface area contributed by atoms with Crippen LogP contribution < -0.4 is 5.32 Å². The van der Waals surface area contributed by atoms with Crippen molar-refractivity contribution in [2.24, 2.45) is 0 Å². The lowest BCUT2D eigenvalue weighted by atomic mass is 9.87. The fourth-order valence-electron chi connectivity index (χ4n) is 2.94. The number of hydrogen-bond donors (Lipinski definition) is 1. The molecule has 0 amide bonds. The van der Waals surface area contributed by atoms with Crippen LogP contribution in [0.2, 0.25) is 0 Å². The molecule has 16 heavy (non-hydrogen) atoms. The van der Waals surface area contributed by atoms with E-state index in [1.54, 1.807) is 0 Å². The van der Waals surface area contributed by atoms with E-state index in [4.69, 9.17) is 0 Å². The summed E-state index contributed by atoms with van der Waals surface area (Å²) < 4.78 is 2.33. The van der Waals surface area contributed by atoms with E-state index in [1.165, 1.54) is 31.5 Å². The van der Waals surface area contributed by atoms with Crippen LogP contribution in [-0.2, 0) is 12.0 Å². The largest absolute Gasteiger partial charge is 0.334 e. The first kappa shape index (κ1) is 11.6. The van der Waals surface area contributed by atoms with E-state index in [-0.39, 0.29) is 5.41 Å². The maximum Gasteiger partial charge on any atom is 0.114 e. The van der Waals surface area contributed by atoms with Crippen molar-refractivity contribution in [1.29, 1.82) is 0 Å². The molecule has 0 aromatic carbocycles. The molecule has 1 saturated carbocycles. The van der Waals surface area contributed by atoms with Gasteiger partial charge < -0.3 is 9.88 Å². The van der Waals surface area contributed by atoms with Crippen molar-refractivity contribution in [3.8, 4) is 0 Å². The molecule has 2 atom stereocenters. The molecule has 1 aromatic heterocycles. The Morgan fingerprint density at radius 2 is 2.44 bits per heavy atom. The first-order valence-corrected chi connectivity index (χ1v) is 6.38. The molecule has 1 aromatic rings. The Hall–Kier alpha value is -0.830. The van der Waals surface area contributed by atoms with Gasteiger partial charge in [-0.05, 0) is 32.7 Å². The first-order valence-electron chi connectivity index (χ1n) is 6.38. The van der Waals surface area contributed by atoms with Crippen molar-refractivity contribution < 1.29 is 0 Å². The van der Waals surface area contributed by atoms with Crippen LogP contribution in [0.25, 0.3) is 0 Å². The summed E-state index contributed by atoms with van der Waals surface area (Å²) in [5.74, 6) is 1.28. The van der Waals surface area contributed by atoms with Gasteiger partial charge in [-0.25, -0.2) is 4.98 Å². The SMILES string of the molecule is CCCn1ccnc1C1(C)CCC(NC)C1. The Morgan fingerprint density at radius 1 is 1.62 bits per heavy atom. The molecule has 0 spiro atoms. The average molecular weight is 221 g/mol. The second kappa shape index (κ2) is 4.58. The summed E-state index contributed by atoms with van der Waals surface area (Å²) in [4.78, 5) is 4.59. The summed E-state index contributed by atoms with van der Waals surface area (Å²) >= 11 is 0. The number of imidazole rings is 1. The fourth-order valence-corrected chi connectivity index (χ4v) is 2.94. The molecule has 0 radical (unpaired) electrons. The molecule has 90 valence electrons. The minimum atomic E-state index is 0.270. The Balaban J connectivity index is 2.19. The number of aryl methyl sites for hydroxylation is 1. The van der Waals surface area contributed by atoms with Gasteiger partial charge in [0.1, 0.15) is 5.82 Å². The van der Waals surface area contributed by atoms with Crippen LogP contribution in [0.3, 0.4) is 0 Å². The molecular weight excluding hydrogens is 198 g/mol. The summed E-state index contributed by atoms with van der Waals surface area (Å²) in [7, 11) is 2.06. The predicted octanol–water partition coefficient (Wildman–Crippen LogP) is 2.32. The lowest BCUT2D eigenvalue weighted by Crippen LogP contribution is -2.28. The summed E-state index contributed by atoms with van der Waals surface area (Å²) in [5, 5.41) is 3.40. The minimum absolute atomic E-state index is 0.270. The average Bonchev–Trinajstić information content (AvgIpc) is 2.86. The van der Waals surface area contributed by atoms with Crippen molar-refractivity contribution in [2.45, 2.75) is 57.5 Å². The molecule has 2 unspecified atom stereocenters. The molecule has 1 heterocycles. The number of nitrogens with zero attached hydrogens (tertiary/aromatic N) is 2. The van der Waals surface area contributed by atoms with Crippen molar-refractivity contribution >= 4 is 0 Å². The summed E-state index contributed by atoms with van der Waals surface area (Å²) in [6.07, 6.45) is 8.98. The second-order valence-electron chi connectivity index (χ2n) is 5.23. The van der Waals surface area contributed by atoms with E-state index in [9.17, 15) is 0 Å². The molecule has 0 bridgehead atoms. The van der Waals surface area contributed by atoms with E-state index < -0.39 is 0 Å². The van der Waals surface area contributed by atoms with Crippen LogP contribution in [0.1, 0.15) is 45.4 Å². The molecule has 1 N–H and O–H groups in total. The van der Waals surface area contributed by atoms with Crippen LogP contribution in [-0.4, -0.2) is 22.6 Å². The zero-order valence-electron chi connectivity index (χ0n) is 10.7. The van der Waals surface area contributed by atoms with Crippen molar-refractivity contribution in [3.63, 3.8) is 0 Å². The third-order valence-corrected chi connectivity index (χ3v) is 3.87. The molecule has 1 fully saturated rings. The molecular formula is C13H23N3. The van der Waals surface area contributed by atoms with Gasteiger partial charge in [0.15, 0.2) is 0 Å². The first-order chi connectivity index (χ1) is 7.69. The van der Waals surface area contributed by atoms with Crippen LogP contribution in [0.5, 0.6) is 0 Å². The monoisotopic (exact) mass is 221 g/mol. The van der Waals surface area contributed by atoms with Gasteiger partial charge in [0.2, 0.25) is 0 Å². The fraction of sp³-hybridized carbons (Fsp3) is 0.769.